The molecule has 1 aromatic carbocycles. The van der Waals surface area contributed by atoms with E-state index in [0.29, 0.717) is 11.6 Å². The highest BCUT2D eigenvalue weighted by Gasteiger charge is 2.34. The monoisotopic (exact) mass is 324 g/mol. The largest absolute Gasteiger partial charge is 0.380 e. The topological polar surface area (TPSA) is 74.2 Å². The van der Waals surface area contributed by atoms with Crippen LogP contribution in [0.4, 0.5) is 5.69 Å². The van der Waals surface area contributed by atoms with Crippen molar-refractivity contribution in [3.63, 3.8) is 0 Å². The van der Waals surface area contributed by atoms with Gasteiger partial charge in [0, 0.05) is 35.2 Å². The number of benzene rings is 1. The van der Waals surface area contributed by atoms with Crippen LogP contribution in [0.1, 0.15) is 28.9 Å². The maximum atomic E-state index is 11.5. The van der Waals surface area contributed by atoms with Crippen LogP contribution in [-0.4, -0.2) is 41.5 Å². The van der Waals surface area contributed by atoms with Crippen LogP contribution in [0.25, 0.3) is 11.3 Å². The highest BCUT2D eigenvalue weighted by atomic mass is 16.1. The van der Waals surface area contributed by atoms with Crippen molar-refractivity contribution in [3.8, 4) is 11.3 Å². The molecule has 1 amide bonds. The number of nitrogens with zero attached hydrogens (tertiary/aromatic N) is 1. The number of rotatable bonds is 4. The summed E-state index contributed by atoms with van der Waals surface area (Å²) in [7, 11) is 0. The molecule has 3 fully saturated rings. The van der Waals surface area contributed by atoms with Gasteiger partial charge >= 0.3 is 0 Å². The molecule has 2 bridgehead atoms. The third kappa shape index (κ3) is 2.69. The zero-order valence-electron chi connectivity index (χ0n) is 14.0. The first-order chi connectivity index (χ1) is 11.6. The fourth-order valence-corrected chi connectivity index (χ4v) is 4.13. The molecule has 5 nitrogen and oxygen atoms in total. The van der Waals surface area contributed by atoms with E-state index in [1.165, 1.54) is 25.9 Å². The number of hydrogen-bond donors (Lipinski definition) is 3. The molecule has 5 rings (SSSR count). The number of aryl methyl sites for hydroxylation is 1. The summed E-state index contributed by atoms with van der Waals surface area (Å²) in [5, 5.41) is 3.76. The Morgan fingerprint density at radius 2 is 2.04 bits per heavy atom. The summed E-state index contributed by atoms with van der Waals surface area (Å²) in [5.74, 6) is 0.368. The van der Waals surface area contributed by atoms with Crippen molar-refractivity contribution >= 4 is 11.6 Å². The van der Waals surface area contributed by atoms with E-state index >= 15 is 0 Å². The molecule has 0 aliphatic carbocycles. The van der Waals surface area contributed by atoms with Crippen LogP contribution in [-0.2, 0) is 0 Å². The molecule has 0 saturated carbocycles. The number of carbonyl (C=O) groups excluding carboxylic acids is 1. The lowest BCUT2D eigenvalue weighted by Crippen LogP contribution is -2.53. The van der Waals surface area contributed by atoms with E-state index < -0.39 is 5.91 Å². The fourth-order valence-electron chi connectivity index (χ4n) is 4.13. The number of anilines is 1. The normalized spacial score (nSPS) is 25.6. The number of nitrogens with one attached hydrogen (secondary N) is 2. The second-order valence-electron chi connectivity index (χ2n) is 7.02. The molecule has 1 unspecified atom stereocenters. The Morgan fingerprint density at radius 3 is 2.67 bits per heavy atom. The number of amides is 1. The lowest BCUT2D eigenvalue weighted by atomic mass is 9.84. The van der Waals surface area contributed by atoms with Crippen molar-refractivity contribution in [2.75, 3.05) is 25.0 Å². The van der Waals surface area contributed by atoms with Gasteiger partial charge in [0.15, 0.2) is 0 Å². The summed E-state index contributed by atoms with van der Waals surface area (Å²) >= 11 is 0. The van der Waals surface area contributed by atoms with Gasteiger partial charge in [-0.25, -0.2) is 0 Å². The predicted molar refractivity (Wildman–Crippen MR) is 96.1 cm³/mol. The Kier molecular flexibility index (Phi) is 3.81. The third-order valence-corrected chi connectivity index (χ3v) is 5.49. The molecule has 3 aliphatic heterocycles. The van der Waals surface area contributed by atoms with E-state index in [0.717, 1.165) is 35.1 Å². The molecule has 24 heavy (non-hydrogen) atoms. The molecule has 1 aromatic heterocycles. The van der Waals surface area contributed by atoms with Crippen LogP contribution in [0, 0.1) is 12.8 Å². The summed E-state index contributed by atoms with van der Waals surface area (Å²) in [5.41, 5.74) is 9.97. The number of aromatic amines is 1. The van der Waals surface area contributed by atoms with Gasteiger partial charge in [-0.3, -0.25) is 4.79 Å². The molecule has 1 atom stereocenters. The van der Waals surface area contributed by atoms with E-state index in [1.54, 1.807) is 0 Å². The van der Waals surface area contributed by atoms with Gasteiger partial charge in [0.1, 0.15) is 0 Å². The second kappa shape index (κ2) is 5.98. The van der Waals surface area contributed by atoms with E-state index in [-0.39, 0.29) is 0 Å². The Morgan fingerprint density at radius 1 is 1.29 bits per heavy atom. The first-order valence-corrected chi connectivity index (χ1v) is 8.69. The molecular formula is C19H24N4O. The molecule has 0 spiro atoms. The van der Waals surface area contributed by atoms with Crippen molar-refractivity contribution in [3.05, 3.63) is 41.6 Å². The summed E-state index contributed by atoms with van der Waals surface area (Å²) < 4.78 is 0. The average molecular weight is 324 g/mol. The maximum absolute atomic E-state index is 11.5. The summed E-state index contributed by atoms with van der Waals surface area (Å²) in [4.78, 5) is 17.4. The Hall–Kier alpha value is -2.27. The van der Waals surface area contributed by atoms with Crippen LogP contribution < -0.4 is 11.1 Å². The van der Waals surface area contributed by atoms with Gasteiger partial charge in [0.05, 0.1) is 5.56 Å². The quantitative estimate of drug-likeness (QED) is 0.809. The first-order valence-electron chi connectivity index (χ1n) is 8.69. The Bertz CT molecular complexity index is 758. The van der Waals surface area contributed by atoms with Crippen molar-refractivity contribution in [2.24, 2.45) is 11.7 Å². The molecule has 126 valence electrons. The van der Waals surface area contributed by atoms with Crippen molar-refractivity contribution < 1.29 is 4.79 Å². The van der Waals surface area contributed by atoms with E-state index in [9.17, 15) is 4.79 Å². The zero-order valence-corrected chi connectivity index (χ0v) is 14.0. The minimum atomic E-state index is -0.391. The number of nitrogens with two attached hydrogens (primary N) is 1. The molecule has 0 radical (unpaired) electrons. The molecule has 3 saturated heterocycles. The van der Waals surface area contributed by atoms with Crippen LogP contribution in [0.2, 0.25) is 0 Å². The number of carbonyl (C=O) groups is 1. The summed E-state index contributed by atoms with van der Waals surface area (Å²) in [6.45, 7) is 5.48. The van der Waals surface area contributed by atoms with Gasteiger partial charge in [-0.2, -0.15) is 0 Å². The average Bonchev–Trinajstić information content (AvgIpc) is 2.98. The number of aromatic nitrogens is 1. The van der Waals surface area contributed by atoms with Gasteiger partial charge in [-0.1, -0.05) is 18.2 Å². The lowest BCUT2D eigenvalue weighted by Gasteiger charge is -2.45. The minimum absolute atomic E-state index is 0.391. The summed E-state index contributed by atoms with van der Waals surface area (Å²) in [6.07, 6.45) is 2.57. The molecular weight excluding hydrogens is 300 g/mol. The fraction of sp³-hybridized carbons (Fsp3) is 0.421. The second-order valence-corrected chi connectivity index (χ2v) is 7.02. The van der Waals surface area contributed by atoms with Gasteiger partial charge < -0.3 is 20.9 Å². The molecule has 4 heterocycles. The van der Waals surface area contributed by atoms with E-state index in [1.807, 2.05) is 19.1 Å². The minimum Gasteiger partial charge on any atom is -0.380 e. The number of fused-ring (bicyclic) bond motifs is 3. The number of H-pyrrole nitrogens is 1. The van der Waals surface area contributed by atoms with Gasteiger partial charge in [0.2, 0.25) is 0 Å². The van der Waals surface area contributed by atoms with Crippen molar-refractivity contribution in [1.82, 2.24) is 9.88 Å². The maximum Gasteiger partial charge on any atom is 0.250 e. The van der Waals surface area contributed by atoms with Crippen molar-refractivity contribution in [2.45, 2.75) is 25.8 Å². The van der Waals surface area contributed by atoms with Crippen LogP contribution in [0.5, 0.6) is 0 Å². The smallest absolute Gasteiger partial charge is 0.250 e. The molecule has 3 aliphatic rings. The number of primary amides is 1. The summed E-state index contributed by atoms with van der Waals surface area (Å²) in [6, 6.07) is 10.6. The Labute approximate surface area is 142 Å². The SMILES string of the molecule is Cc1[nH]c(-c2ccccc2NC2CN3CCC2CC3)cc1C(N)=O. The number of hydrogen-bond acceptors (Lipinski definition) is 3. The lowest BCUT2D eigenvalue weighted by molar-refractivity contribution is 0.0975. The van der Waals surface area contributed by atoms with E-state index in [4.69, 9.17) is 5.73 Å². The van der Waals surface area contributed by atoms with Crippen molar-refractivity contribution in [1.29, 1.82) is 0 Å². The highest BCUT2D eigenvalue weighted by molar-refractivity contribution is 5.96. The van der Waals surface area contributed by atoms with E-state index in [2.05, 4.69) is 33.4 Å². The molecule has 5 heteroatoms. The van der Waals surface area contributed by atoms with Crippen LogP contribution >= 0.6 is 0 Å². The third-order valence-electron chi connectivity index (χ3n) is 5.49. The highest BCUT2D eigenvalue weighted by Crippen LogP contribution is 2.33. The van der Waals surface area contributed by atoms with Gasteiger partial charge in [-0.05, 0) is 50.9 Å². The van der Waals surface area contributed by atoms with Crippen LogP contribution in [0.15, 0.2) is 30.3 Å². The molecule has 2 aromatic rings. The predicted octanol–water partition coefficient (Wildman–Crippen LogP) is 2.60. The van der Waals surface area contributed by atoms with Gasteiger partial charge in [-0.15, -0.1) is 0 Å². The number of piperidine rings is 3. The number of para-hydroxylation sites is 1. The molecule has 4 N–H and O–H groups in total. The Balaban J connectivity index is 1.63. The first kappa shape index (κ1) is 15.3. The van der Waals surface area contributed by atoms with Crippen LogP contribution in [0.3, 0.4) is 0 Å². The standard InChI is InChI=1S/C19H24N4O/c1-12-15(19(20)24)10-17(21-12)14-4-2-3-5-16(14)22-18-11-23-8-6-13(18)7-9-23/h2-5,10,13,18,21-22H,6-9,11H2,1H3,(H2,20,24). The van der Waals surface area contributed by atoms with Gasteiger partial charge in [0.25, 0.3) is 5.91 Å². The zero-order chi connectivity index (χ0) is 16.7.